The molecular weight excluding hydrogens is 371 g/mol. The van der Waals surface area contributed by atoms with Crippen molar-refractivity contribution >= 4 is 21.6 Å². The molecule has 1 aliphatic rings. The molecule has 0 saturated heterocycles. The van der Waals surface area contributed by atoms with Gasteiger partial charge < -0.3 is 10.1 Å². The van der Waals surface area contributed by atoms with Crippen LogP contribution in [0.2, 0.25) is 0 Å². The lowest BCUT2D eigenvalue weighted by Crippen LogP contribution is -2.27. The minimum Gasteiger partial charge on any atom is -0.491 e. The van der Waals surface area contributed by atoms with E-state index in [1.165, 1.54) is 6.07 Å². The van der Waals surface area contributed by atoms with Crippen LogP contribution in [0.1, 0.15) is 36.5 Å². The van der Waals surface area contributed by atoms with Gasteiger partial charge in [-0.25, -0.2) is 17.5 Å². The lowest BCUT2D eigenvalue weighted by molar-refractivity contribution is 0.102. The van der Waals surface area contributed by atoms with Crippen LogP contribution in [0.3, 0.4) is 0 Å². The molecule has 0 spiro atoms. The van der Waals surface area contributed by atoms with E-state index >= 15 is 0 Å². The molecule has 0 bridgehead atoms. The first kappa shape index (κ1) is 19.3. The quantitative estimate of drug-likeness (QED) is 0.722. The molecule has 0 heterocycles. The molecule has 3 rings (SSSR count). The van der Waals surface area contributed by atoms with Crippen LogP contribution in [-0.2, 0) is 10.0 Å². The summed E-state index contributed by atoms with van der Waals surface area (Å²) in [4.78, 5) is 12.0. The number of amides is 1. The Balaban J connectivity index is 1.82. The number of rotatable bonds is 8. The summed E-state index contributed by atoms with van der Waals surface area (Å²) in [7, 11) is -4.01. The summed E-state index contributed by atoms with van der Waals surface area (Å²) in [5.41, 5.74) is 0.499. The van der Waals surface area contributed by atoms with Crippen LogP contribution in [0.5, 0.6) is 5.75 Å². The minimum absolute atomic E-state index is 0.0397. The van der Waals surface area contributed by atoms with Crippen LogP contribution in [0.25, 0.3) is 0 Å². The Kier molecular flexibility index (Phi) is 5.76. The number of hydrogen-bond donors (Lipinski definition) is 2. The van der Waals surface area contributed by atoms with Gasteiger partial charge >= 0.3 is 0 Å². The van der Waals surface area contributed by atoms with Crippen molar-refractivity contribution in [3.05, 3.63) is 53.8 Å². The summed E-state index contributed by atoms with van der Waals surface area (Å²) in [5, 5.41) is 2.69. The van der Waals surface area contributed by atoms with Crippen LogP contribution >= 0.6 is 0 Å². The highest BCUT2D eigenvalue weighted by Crippen LogP contribution is 2.26. The monoisotopic (exact) mass is 392 g/mol. The van der Waals surface area contributed by atoms with E-state index in [2.05, 4.69) is 10.0 Å². The molecule has 6 nitrogen and oxygen atoms in total. The lowest BCUT2D eigenvalue weighted by Gasteiger charge is -2.13. The molecular formula is C19H21FN2O4S. The average Bonchev–Trinajstić information content (AvgIpc) is 3.44. The molecule has 144 valence electrons. The van der Waals surface area contributed by atoms with Crippen LogP contribution in [0.15, 0.2) is 47.4 Å². The van der Waals surface area contributed by atoms with E-state index in [0.29, 0.717) is 18.0 Å². The van der Waals surface area contributed by atoms with Gasteiger partial charge in [0, 0.05) is 11.6 Å². The number of sulfonamides is 1. The number of ether oxygens (including phenoxy) is 1. The summed E-state index contributed by atoms with van der Waals surface area (Å²) in [6.07, 6.45) is 2.28. The van der Waals surface area contributed by atoms with Crippen molar-refractivity contribution in [3.8, 4) is 5.75 Å². The zero-order chi connectivity index (χ0) is 19.4. The van der Waals surface area contributed by atoms with Crippen molar-refractivity contribution in [3.63, 3.8) is 0 Å². The highest BCUT2D eigenvalue weighted by Gasteiger charge is 2.30. The maximum atomic E-state index is 14.1. The van der Waals surface area contributed by atoms with Gasteiger partial charge in [0.1, 0.15) is 16.5 Å². The fraction of sp³-hybridized carbons (Fsp3) is 0.316. The van der Waals surface area contributed by atoms with Crippen molar-refractivity contribution in [1.29, 1.82) is 0 Å². The van der Waals surface area contributed by atoms with Gasteiger partial charge in [0.25, 0.3) is 5.91 Å². The number of carbonyl (C=O) groups excluding carboxylic acids is 1. The third-order valence-electron chi connectivity index (χ3n) is 3.98. The standard InChI is InChI=1S/C19H21FN2O4S/c1-2-11-26-17-6-4-3-5-16(17)21-19(23)13-7-10-15(20)18(12-13)27(24,25)22-14-8-9-14/h3-7,10,12,14,22H,2,8-9,11H2,1H3,(H,21,23). The molecule has 0 aromatic heterocycles. The molecule has 0 unspecified atom stereocenters. The maximum absolute atomic E-state index is 14.1. The Bertz CT molecular complexity index is 942. The fourth-order valence-corrected chi connectivity index (χ4v) is 3.85. The van der Waals surface area contributed by atoms with Gasteiger partial charge in [-0.05, 0) is 49.6 Å². The van der Waals surface area contributed by atoms with Crippen molar-refractivity contribution in [2.24, 2.45) is 0 Å². The van der Waals surface area contributed by atoms with Crippen molar-refractivity contribution < 1.29 is 22.3 Å². The highest BCUT2D eigenvalue weighted by atomic mass is 32.2. The van der Waals surface area contributed by atoms with E-state index < -0.39 is 26.6 Å². The molecule has 1 saturated carbocycles. The van der Waals surface area contributed by atoms with Crippen LogP contribution in [-0.4, -0.2) is 27.0 Å². The fourth-order valence-electron chi connectivity index (χ4n) is 2.44. The van der Waals surface area contributed by atoms with E-state index in [9.17, 15) is 17.6 Å². The number of halogens is 1. The summed E-state index contributed by atoms with van der Waals surface area (Å²) >= 11 is 0. The molecule has 2 aromatic rings. The van der Waals surface area contributed by atoms with Gasteiger partial charge in [0.15, 0.2) is 0 Å². The number of benzene rings is 2. The third kappa shape index (κ3) is 4.84. The predicted molar refractivity (Wildman–Crippen MR) is 99.9 cm³/mol. The molecule has 1 amide bonds. The van der Waals surface area contributed by atoms with E-state index in [0.717, 1.165) is 31.4 Å². The third-order valence-corrected chi connectivity index (χ3v) is 5.51. The molecule has 27 heavy (non-hydrogen) atoms. The zero-order valence-electron chi connectivity index (χ0n) is 14.9. The smallest absolute Gasteiger partial charge is 0.255 e. The second-order valence-corrected chi connectivity index (χ2v) is 8.02. The Morgan fingerprint density at radius 2 is 1.96 bits per heavy atom. The average molecular weight is 392 g/mol. The van der Waals surface area contributed by atoms with Crippen molar-refractivity contribution in [2.45, 2.75) is 37.1 Å². The van der Waals surface area contributed by atoms with Gasteiger partial charge in [-0.3, -0.25) is 4.79 Å². The van der Waals surface area contributed by atoms with Gasteiger partial charge in [-0.2, -0.15) is 0 Å². The Labute approximate surface area is 157 Å². The van der Waals surface area contributed by atoms with Crippen LogP contribution in [0.4, 0.5) is 10.1 Å². The number of anilines is 1. The second-order valence-electron chi connectivity index (χ2n) is 6.34. The molecule has 2 aromatic carbocycles. The largest absolute Gasteiger partial charge is 0.491 e. The number of carbonyl (C=O) groups is 1. The Hall–Kier alpha value is -2.45. The number of nitrogens with one attached hydrogen (secondary N) is 2. The molecule has 0 aliphatic heterocycles. The van der Waals surface area contributed by atoms with E-state index in [1.807, 2.05) is 6.92 Å². The topological polar surface area (TPSA) is 84.5 Å². The van der Waals surface area contributed by atoms with E-state index in [1.54, 1.807) is 24.3 Å². The number of para-hydroxylation sites is 2. The first-order chi connectivity index (χ1) is 12.9. The first-order valence-electron chi connectivity index (χ1n) is 8.76. The summed E-state index contributed by atoms with van der Waals surface area (Å²) in [6, 6.07) is 10.1. The molecule has 0 atom stereocenters. The predicted octanol–water partition coefficient (Wildman–Crippen LogP) is 3.31. The summed E-state index contributed by atoms with van der Waals surface area (Å²) in [6.45, 7) is 2.47. The Morgan fingerprint density at radius 3 is 2.67 bits per heavy atom. The lowest BCUT2D eigenvalue weighted by atomic mass is 10.2. The Morgan fingerprint density at radius 1 is 1.22 bits per heavy atom. The zero-order valence-corrected chi connectivity index (χ0v) is 15.7. The highest BCUT2D eigenvalue weighted by molar-refractivity contribution is 7.89. The van der Waals surface area contributed by atoms with Crippen LogP contribution in [0, 0.1) is 5.82 Å². The van der Waals surface area contributed by atoms with E-state index in [4.69, 9.17) is 4.74 Å². The maximum Gasteiger partial charge on any atom is 0.255 e. The van der Waals surface area contributed by atoms with Gasteiger partial charge in [-0.1, -0.05) is 19.1 Å². The van der Waals surface area contributed by atoms with Crippen LogP contribution < -0.4 is 14.8 Å². The molecule has 1 aliphatic carbocycles. The summed E-state index contributed by atoms with van der Waals surface area (Å²) < 4.78 is 46.7. The SMILES string of the molecule is CCCOc1ccccc1NC(=O)c1ccc(F)c(S(=O)(=O)NC2CC2)c1. The van der Waals surface area contributed by atoms with Gasteiger partial charge in [0.05, 0.1) is 12.3 Å². The molecule has 0 radical (unpaired) electrons. The van der Waals surface area contributed by atoms with Crippen molar-refractivity contribution in [2.75, 3.05) is 11.9 Å². The molecule has 2 N–H and O–H groups in total. The first-order valence-corrected chi connectivity index (χ1v) is 10.2. The van der Waals surface area contributed by atoms with Crippen molar-refractivity contribution in [1.82, 2.24) is 4.72 Å². The minimum atomic E-state index is -4.01. The molecule has 8 heteroatoms. The van der Waals surface area contributed by atoms with Gasteiger partial charge in [-0.15, -0.1) is 0 Å². The normalized spacial score (nSPS) is 14.0. The molecule has 1 fully saturated rings. The second kappa shape index (κ2) is 8.06. The number of hydrogen-bond acceptors (Lipinski definition) is 4. The van der Waals surface area contributed by atoms with E-state index in [-0.39, 0.29) is 11.6 Å². The van der Waals surface area contributed by atoms with Gasteiger partial charge in [0.2, 0.25) is 10.0 Å². The summed E-state index contributed by atoms with van der Waals surface area (Å²) in [5.74, 6) is -0.935.